The van der Waals surface area contributed by atoms with Gasteiger partial charge in [0.1, 0.15) is 11.9 Å². The molecule has 7 aliphatic rings. The Labute approximate surface area is 621 Å². The predicted molar refractivity (Wildman–Crippen MR) is 393 cm³/mol. The van der Waals surface area contributed by atoms with Crippen molar-refractivity contribution < 1.29 is 76.3 Å². The SMILES string of the molecule is CS(=O)(=O)OC1CN(C(c2ccccc2)c2ccccc2)C1.FC(F)(F)C1CCN(C2CN(C(c3ccccc3)c3ccccc3)C2)CC1.FC(F)(F)C1CCNCC1.N[C@@H](CC(=O)N1CC(N2CCC(C(F)(F)F)CC2)C1)Cc1ccccc1F.O=CO.OC1CN(C(c2ccccc2)c2ccccc2)C1. The summed E-state index contributed by atoms with van der Waals surface area (Å²) >= 11 is 0. The molecule has 7 saturated heterocycles. The largest absolute Gasteiger partial charge is 0.483 e. The number of rotatable bonds is 17. The topological polar surface area (TPSA) is 175 Å². The van der Waals surface area contributed by atoms with Crippen molar-refractivity contribution in [1.29, 1.82) is 0 Å². The van der Waals surface area contributed by atoms with Crippen molar-refractivity contribution >= 4 is 22.5 Å². The third-order valence-electron chi connectivity index (χ3n) is 20.7. The summed E-state index contributed by atoms with van der Waals surface area (Å²) in [4.78, 5) is 33.6. The Morgan fingerprint density at radius 1 is 0.495 bits per heavy atom. The van der Waals surface area contributed by atoms with Crippen LogP contribution in [-0.2, 0) is 30.3 Å². The Kier molecular flexibility index (Phi) is 30.9. The van der Waals surface area contributed by atoms with Gasteiger partial charge < -0.3 is 26.2 Å². The average Bonchev–Trinajstić information content (AvgIpc) is 0.760. The molecule has 0 unspecified atom stereocenters. The first kappa shape index (κ1) is 83.4. The van der Waals surface area contributed by atoms with Crippen LogP contribution in [0.2, 0.25) is 0 Å². The van der Waals surface area contributed by atoms with Crippen molar-refractivity contribution in [1.82, 2.24) is 34.7 Å². The minimum Gasteiger partial charge on any atom is -0.483 e. The molecule has 7 aromatic rings. The van der Waals surface area contributed by atoms with E-state index >= 15 is 0 Å². The lowest BCUT2D eigenvalue weighted by Crippen LogP contribution is -2.62. The summed E-state index contributed by atoms with van der Waals surface area (Å²) in [5, 5.41) is 19.3. The van der Waals surface area contributed by atoms with E-state index < -0.39 is 52.4 Å². The van der Waals surface area contributed by atoms with Crippen LogP contribution in [0.5, 0.6) is 0 Å². The summed E-state index contributed by atoms with van der Waals surface area (Å²) < 4.78 is 154. The van der Waals surface area contributed by atoms with E-state index in [-0.39, 0.29) is 99.5 Å². The molecule has 5 N–H and O–H groups in total. The van der Waals surface area contributed by atoms with Crippen LogP contribution < -0.4 is 11.1 Å². The van der Waals surface area contributed by atoms with Crippen LogP contribution in [0.25, 0.3) is 0 Å². The lowest BCUT2D eigenvalue weighted by molar-refractivity contribution is -0.188. The number of carboxylic acid groups (broad SMARTS) is 1. The number of piperidine rings is 3. The van der Waals surface area contributed by atoms with Gasteiger partial charge in [-0.25, -0.2) is 4.39 Å². The minimum atomic E-state index is -4.11. The quantitative estimate of drug-likeness (QED) is 0.0385. The highest BCUT2D eigenvalue weighted by Gasteiger charge is 2.47. The van der Waals surface area contributed by atoms with Gasteiger partial charge in [0, 0.05) is 76.9 Å². The summed E-state index contributed by atoms with van der Waals surface area (Å²) in [5.41, 5.74) is 14.0. The van der Waals surface area contributed by atoms with Gasteiger partial charge in [-0.3, -0.25) is 38.3 Å². The summed E-state index contributed by atoms with van der Waals surface area (Å²) in [6.45, 7) is 8.34. The van der Waals surface area contributed by atoms with Gasteiger partial charge >= 0.3 is 18.5 Å². The highest BCUT2D eigenvalue weighted by molar-refractivity contribution is 7.86. The number of nitrogens with one attached hydrogen (secondary N) is 1. The molecular weight excluding hydrogens is 1420 g/mol. The monoisotopic (exact) mass is 1520 g/mol. The first-order chi connectivity index (χ1) is 51.1. The Hall–Kier alpha value is -7.63. The van der Waals surface area contributed by atoms with Crippen LogP contribution in [0.1, 0.15) is 102 Å². The maximum absolute atomic E-state index is 13.7. The normalized spacial score (nSPS) is 19.1. The molecule has 7 aliphatic heterocycles. The molecule has 7 aromatic carbocycles. The van der Waals surface area contributed by atoms with Gasteiger partial charge in [-0.1, -0.05) is 200 Å². The van der Waals surface area contributed by atoms with E-state index in [9.17, 15) is 62.2 Å². The fourth-order valence-corrected chi connectivity index (χ4v) is 15.5. The molecule has 1 atom stereocenters. The van der Waals surface area contributed by atoms with E-state index in [4.69, 9.17) is 19.8 Å². The number of hydrogen-bond donors (Lipinski definition) is 4. The number of nitrogens with zero attached hydrogens (tertiary/aromatic N) is 6. The van der Waals surface area contributed by atoms with E-state index in [1.54, 1.807) is 23.1 Å². The summed E-state index contributed by atoms with van der Waals surface area (Å²) in [6.07, 6.45) is -9.80. The Bertz CT molecular complexity index is 3720. The number of amides is 1. The number of benzene rings is 7. The second-order valence-corrected chi connectivity index (χ2v) is 30.0. The van der Waals surface area contributed by atoms with Gasteiger partial charge in [-0.05, 0) is 129 Å². The number of nitrogens with two attached hydrogens (primary N) is 1. The predicted octanol–water partition coefficient (Wildman–Crippen LogP) is 13.4. The zero-order valence-corrected chi connectivity index (χ0v) is 60.8. The third-order valence-corrected chi connectivity index (χ3v) is 21.3. The smallest absolute Gasteiger partial charge is 0.391 e. The van der Waals surface area contributed by atoms with Gasteiger partial charge in [-0.15, -0.1) is 0 Å². The zero-order chi connectivity index (χ0) is 76.7. The molecule has 1 amide bonds. The molecule has 7 heterocycles. The van der Waals surface area contributed by atoms with E-state index in [2.05, 4.69) is 146 Å². The van der Waals surface area contributed by atoms with Crippen LogP contribution in [0.4, 0.5) is 43.9 Å². The molecule has 0 saturated carbocycles. The number of carbonyl (C=O) groups is 2. The number of alkyl halides is 9. The molecule has 0 radical (unpaired) electrons. The Morgan fingerprint density at radius 2 is 0.794 bits per heavy atom. The van der Waals surface area contributed by atoms with Crippen molar-refractivity contribution in [2.24, 2.45) is 23.5 Å². The summed E-state index contributed by atoms with van der Waals surface area (Å²) in [7, 11) is -3.39. The lowest BCUT2D eigenvalue weighted by Gasteiger charge is -2.50. The van der Waals surface area contributed by atoms with Crippen molar-refractivity contribution in [3.63, 3.8) is 0 Å². The van der Waals surface area contributed by atoms with Crippen LogP contribution in [0.3, 0.4) is 0 Å². The number of carbonyl (C=O) groups excluding carboxylic acids is 1. The highest BCUT2D eigenvalue weighted by Crippen LogP contribution is 2.41. The zero-order valence-electron chi connectivity index (χ0n) is 60.0. The molecule has 0 aromatic heterocycles. The van der Waals surface area contributed by atoms with E-state index in [1.165, 1.54) is 39.4 Å². The van der Waals surface area contributed by atoms with E-state index in [1.807, 2.05) is 65.6 Å². The van der Waals surface area contributed by atoms with Gasteiger partial charge in [0.15, 0.2) is 0 Å². The van der Waals surface area contributed by atoms with Gasteiger partial charge in [0.05, 0.1) is 48.2 Å². The summed E-state index contributed by atoms with van der Waals surface area (Å²) in [6, 6.07) is 69.4. The minimum absolute atomic E-state index is 0.0831. The Morgan fingerprint density at radius 3 is 1.10 bits per heavy atom. The number of aliphatic hydroxyl groups is 1. The van der Waals surface area contributed by atoms with Gasteiger partial charge in [-0.2, -0.15) is 47.9 Å². The highest BCUT2D eigenvalue weighted by atomic mass is 32.2. The molecule has 26 heteroatoms. The molecule has 0 spiro atoms. The number of halogens is 10. The van der Waals surface area contributed by atoms with Gasteiger partial charge in [0.25, 0.3) is 16.6 Å². The molecule has 15 nitrogen and oxygen atoms in total. The first-order valence-corrected chi connectivity index (χ1v) is 38.3. The molecule has 14 rings (SSSR count). The maximum atomic E-state index is 13.7. The molecule has 107 heavy (non-hydrogen) atoms. The summed E-state index contributed by atoms with van der Waals surface area (Å²) in [5.74, 6) is -3.80. The number of β-amino-alcohol motifs (C(OH)–C–C–N with tert-alkyl or cyclic N) is 1. The second-order valence-electron chi connectivity index (χ2n) is 28.4. The molecule has 7 fully saturated rings. The maximum Gasteiger partial charge on any atom is 0.391 e. The Balaban J connectivity index is 0.000000157. The molecule has 0 aliphatic carbocycles. The molecule has 0 bridgehead atoms. The van der Waals surface area contributed by atoms with Gasteiger partial charge in [0.2, 0.25) is 5.91 Å². The van der Waals surface area contributed by atoms with Crippen LogP contribution in [0.15, 0.2) is 206 Å². The molecular formula is C81H98F10N8O7S. The van der Waals surface area contributed by atoms with Crippen molar-refractivity contribution in [3.8, 4) is 0 Å². The number of likely N-dealkylation sites (tertiary alicyclic amines) is 6. The fraction of sp³-hybridized carbons (Fsp3) is 0.457. The third kappa shape index (κ3) is 25.2. The van der Waals surface area contributed by atoms with E-state index in [0.717, 1.165) is 32.4 Å². The van der Waals surface area contributed by atoms with E-state index in [0.29, 0.717) is 83.5 Å². The van der Waals surface area contributed by atoms with Crippen LogP contribution >= 0.6 is 0 Å². The second kappa shape index (κ2) is 39.6. The van der Waals surface area contributed by atoms with Crippen LogP contribution in [0, 0.1) is 23.6 Å². The fourth-order valence-electron chi connectivity index (χ4n) is 14.9. The van der Waals surface area contributed by atoms with Crippen molar-refractivity contribution in [2.75, 3.05) is 97.9 Å². The number of aliphatic hydroxyl groups excluding tert-OH is 1. The van der Waals surface area contributed by atoms with Crippen LogP contribution in [-0.4, -0.2) is 207 Å². The first-order valence-electron chi connectivity index (χ1n) is 36.5. The average molecular weight is 1520 g/mol. The standard InChI is InChI=1S/C22H25F3N2.C19H25F4N3O.C17H19NO3S.C16H17NO.C6H10F3N.CH2O2/c23-22(24,25)19-11-13-26(14-12-19)20-15-27(16-20)21(17-7-3-1-4-8-17)18-9-5-2-6-10-18;20-17-4-2-1-3-13(17)9-15(24)10-18(27)26-11-16(12-26)25-7-5-14(6-8-25)19(21,22)23;1-22(19,20)21-16-12-18(13-16)17(14-8-4-2-5-9-14)15-10-6-3-7-11-15;18-15-11-17(12-15)16(13-7-3-1-4-8-13)14-9-5-2-6-10-14;7-6(8,9)5-1-3-10-4-2-5;2-1-3/h1-10,19-21H,11-16H2;1-4,14-16H,5-12,24H2;2-11,16-17H,12-13H2,1H3;1-10,15-16,18H,11-12H2;5,10H,1-4H2;1H,(H,2,3)/t;15-;;;;/m.1..../s1. The number of hydrogen-bond acceptors (Lipinski definition) is 13. The van der Waals surface area contributed by atoms with Crippen molar-refractivity contribution in [3.05, 3.63) is 251 Å². The van der Waals surface area contributed by atoms with Crippen molar-refractivity contribution in [2.45, 2.75) is 118 Å². The molecule has 580 valence electrons. The lowest BCUT2D eigenvalue weighted by atomic mass is 9.90.